The predicted octanol–water partition coefficient (Wildman–Crippen LogP) is 4.31. The van der Waals surface area contributed by atoms with Gasteiger partial charge in [-0.1, -0.05) is 45.0 Å². The zero-order valence-electron chi connectivity index (χ0n) is 12.0. The van der Waals surface area contributed by atoms with Gasteiger partial charge in [-0.2, -0.15) is 0 Å². The molecule has 1 atom stereocenters. The van der Waals surface area contributed by atoms with Crippen LogP contribution in [0, 0.1) is 11.6 Å². The molecule has 2 aromatic carbocycles. The molecule has 1 unspecified atom stereocenters. The van der Waals surface area contributed by atoms with E-state index >= 15 is 0 Å². The maximum Gasteiger partial charge on any atom is 0.126 e. The lowest BCUT2D eigenvalue weighted by Gasteiger charge is -2.20. The molecular weight excluding hydrogens is 256 g/mol. The fraction of sp³-hybridized carbons (Fsp3) is 0.294. The van der Waals surface area contributed by atoms with Crippen molar-refractivity contribution in [2.24, 2.45) is 5.73 Å². The Morgan fingerprint density at radius 1 is 0.850 bits per heavy atom. The van der Waals surface area contributed by atoms with Crippen LogP contribution in [0.4, 0.5) is 8.78 Å². The SMILES string of the molecule is CC(C)(C)c1ccc(C(N)c2cc(F)cc(F)c2)cc1. The quantitative estimate of drug-likeness (QED) is 0.868. The Morgan fingerprint density at radius 2 is 1.35 bits per heavy atom. The number of nitrogens with two attached hydrogens (primary N) is 1. The first-order chi connectivity index (χ1) is 9.27. The molecule has 0 bridgehead atoms. The average Bonchev–Trinajstić information content (AvgIpc) is 2.36. The summed E-state index contributed by atoms with van der Waals surface area (Å²) in [5.41, 5.74) is 8.61. The summed E-state index contributed by atoms with van der Waals surface area (Å²) in [5, 5.41) is 0. The van der Waals surface area contributed by atoms with Gasteiger partial charge in [-0.05, 0) is 34.2 Å². The van der Waals surface area contributed by atoms with Gasteiger partial charge in [0.05, 0.1) is 6.04 Å². The number of rotatable bonds is 2. The largest absolute Gasteiger partial charge is 0.320 e. The van der Waals surface area contributed by atoms with Gasteiger partial charge in [0.25, 0.3) is 0 Å². The minimum absolute atomic E-state index is 0.0631. The molecule has 2 aromatic rings. The van der Waals surface area contributed by atoms with Crippen LogP contribution in [0.3, 0.4) is 0 Å². The zero-order valence-corrected chi connectivity index (χ0v) is 12.0. The van der Waals surface area contributed by atoms with Crippen LogP contribution >= 0.6 is 0 Å². The van der Waals surface area contributed by atoms with Gasteiger partial charge >= 0.3 is 0 Å². The molecule has 2 N–H and O–H groups in total. The van der Waals surface area contributed by atoms with Crippen molar-refractivity contribution in [2.45, 2.75) is 32.2 Å². The Morgan fingerprint density at radius 3 is 1.80 bits per heavy atom. The van der Waals surface area contributed by atoms with Crippen LogP contribution in [0.15, 0.2) is 42.5 Å². The van der Waals surface area contributed by atoms with E-state index in [0.29, 0.717) is 5.56 Å². The zero-order chi connectivity index (χ0) is 14.9. The third kappa shape index (κ3) is 3.23. The molecule has 0 aliphatic carbocycles. The number of benzene rings is 2. The predicted molar refractivity (Wildman–Crippen MR) is 77.5 cm³/mol. The summed E-state index contributed by atoms with van der Waals surface area (Å²) in [7, 11) is 0. The highest BCUT2D eigenvalue weighted by Crippen LogP contribution is 2.26. The van der Waals surface area contributed by atoms with Crippen LogP contribution in [0.2, 0.25) is 0 Å². The summed E-state index contributed by atoms with van der Waals surface area (Å²) < 4.78 is 26.5. The van der Waals surface area contributed by atoms with E-state index in [1.807, 2.05) is 24.3 Å². The van der Waals surface area contributed by atoms with Crippen molar-refractivity contribution in [3.63, 3.8) is 0 Å². The Hall–Kier alpha value is -1.74. The normalized spacial score (nSPS) is 13.3. The number of hydrogen-bond donors (Lipinski definition) is 1. The molecule has 0 saturated heterocycles. The van der Waals surface area contributed by atoms with Crippen LogP contribution in [-0.4, -0.2) is 0 Å². The highest BCUT2D eigenvalue weighted by Gasteiger charge is 2.15. The highest BCUT2D eigenvalue weighted by molar-refractivity contribution is 5.35. The van der Waals surface area contributed by atoms with E-state index in [-0.39, 0.29) is 5.41 Å². The number of halogens is 2. The van der Waals surface area contributed by atoms with E-state index in [4.69, 9.17) is 5.73 Å². The fourth-order valence-corrected chi connectivity index (χ4v) is 2.14. The van der Waals surface area contributed by atoms with Gasteiger partial charge in [0.1, 0.15) is 11.6 Å². The molecule has 0 amide bonds. The summed E-state index contributed by atoms with van der Waals surface area (Å²) in [4.78, 5) is 0. The molecule has 1 nitrogen and oxygen atoms in total. The van der Waals surface area contributed by atoms with Crippen molar-refractivity contribution in [3.05, 3.63) is 70.8 Å². The van der Waals surface area contributed by atoms with Gasteiger partial charge < -0.3 is 5.73 Å². The van der Waals surface area contributed by atoms with Crippen molar-refractivity contribution in [2.75, 3.05) is 0 Å². The van der Waals surface area contributed by atoms with Gasteiger partial charge in [-0.25, -0.2) is 8.78 Å². The Balaban J connectivity index is 2.31. The van der Waals surface area contributed by atoms with E-state index in [1.54, 1.807) is 0 Å². The number of hydrogen-bond acceptors (Lipinski definition) is 1. The summed E-state index contributed by atoms with van der Waals surface area (Å²) in [6.45, 7) is 6.39. The molecule has 0 fully saturated rings. The Bertz CT molecular complexity index is 577. The third-order valence-electron chi connectivity index (χ3n) is 3.38. The lowest BCUT2D eigenvalue weighted by molar-refractivity contribution is 0.577. The maximum atomic E-state index is 13.2. The van der Waals surface area contributed by atoms with Crippen LogP contribution in [0.25, 0.3) is 0 Å². The minimum atomic E-state index is -0.609. The van der Waals surface area contributed by atoms with Gasteiger partial charge in [0.15, 0.2) is 0 Å². The Labute approximate surface area is 118 Å². The van der Waals surface area contributed by atoms with Crippen LogP contribution in [0.5, 0.6) is 0 Å². The smallest absolute Gasteiger partial charge is 0.126 e. The molecule has 106 valence electrons. The van der Waals surface area contributed by atoms with Crippen molar-refractivity contribution in [3.8, 4) is 0 Å². The monoisotopic (exact) mass is 275 g/mol. The molecular formula is C17H19F2N. The van der Waals surface area contributed by atoms with E-state index in [9.17, 15) is 8.78 Å². The second-order valence-electron chi connectivity index (χ2n) is 6.05. The van der Waals surface area contributed by atoms with Crippen molar-refractivity contribution in [1.29, 1.82) is 0 Å². The van der Waals surface area contributed by atoms with Gasteiger partial charge in [-0.15, -0.1) is 0 Å². The second kappa shape index (κ2) is 5.33. The highest BCUT2D eigenvalue weighted by atomic mass is 19.1. The third-order valence-corrected chi connectivity index (χ3v) is 3.38. The van der Waals surface area contributed by atoms with Crippen molar-refractivity contribution < 1.29 is 8.78 Å². The summed E-state index contributed by atoms with van der Waals surface area (Å²) in [5.74, 6) is -1.22. The van der Waals surface area contributed by atoms with Crippen LogP contribution in [-0.2, 0) is 5.41 Å². The molecule has 0 saturated carbocycles. The summed E-state index contributed by atoms with van der Waals surface area (Å²) in [6, 6.07) is 10.7. The molecule has 20 heavy (non-hydrogen) atoms. The van der Waals surface area contributed by atoms with Crippen molar-refractivity contribution >= 4 is 0 Å². The van der Waals surface area contributed by atoms with E-state index < -0.39 is 17.7 Å². The van der Waals surface area contributed by atoms with Gasteiger partial charge in [-0.3, -0.25) is 0 Å². The topological polar surface area (TPSA) is 26.0 Å². The minimum Gasteiger partial charge on any atom is -0.320 e. The molecule has 3 heteroatoms. The maximum absolute atomic E-state index is 13.2. The molecule has 0 aliphatic rings. The average molecular weight is 275 g/mol. The van der Waals surface area contributed by atoms with Crippen molar-refractivity contribution in [1.82, 2.24) is 0 Å². The summed E-state index contributed by atoms with van der Waals surface area (Å²) in [6.07, 6.45) is 0. The van der Waals surface area contributed by atoms with Crippen LogP contribution < -0.4 is 5.73 Å². The molecule has 0 spiro atoms. The summed E-state index contributed by atoms with van der Waals surface area (Å²) >= 11 is 0. The van der Waals surface area contributed by atoms with Gasteiger partial charge in [0, 0.05) is 6.07 Å². The first-order valence-electron chi connectivity index (χ1n) is 6.59. The second-order valence-corrected chi connectivity index (χ2v) is 6.05. The van der Waals surface area contributed by atoms with E-state index in [1.165, 1.54) is 17.7 Å². The van der Waals surface area contributed by atoms with Gasteiger partial charge in [0.2, 0.25) is 0 Å². The standard InChI is InChI=1S/C17H19F2N/c1-17(2,3)13-6-4-11(5-7-13)16(20)12-8-14(18)10-15(19)9-12/h4-10,16H,20H2,1-3H3. The molecule has 2 rings (SSSR count). The fourth-order valence-electron chi connectivity index (χ4n) is 2.14. The first kappa shape index (κ1) is 14.7. The lowest BCUT2D eigenvalue weighted by atomic mass is 9.86. The molecule has 0 radical (unpaired) electrons. The van der Waals surface area contributed by atoms with E-state index in [2.05, 4.69) is 20.8 Å². The Kier molecular flexibility index (Phi) is 3.91. The molecule has 0 aromatic heterocycles. The first-order valence-corrected chi connectivity index (χ1v) is 6.59. The van der Waals surface area contributed by atoms with Crippen LogP contribution in [0.1, 0.15) is 43.5 Å². The molecule has 0 aliphatic heterocycles. The lowest BCUT2D eigenvalue weighted by Crippen LogP contribution is -2.14. The molecule has 0 heterocycles. The van der Waals surface area contributed by atoms with E-state index in [0.717, 1.165) is 11.6 Å².